The lowest BCUT2D eigenvalue weighted by molar-refractivity contribution is 0.0848. The van der Waals surface area contributed by atoms with E-state index in [9.17, 15) is 0 Å². The fraction of sp³-hybridized carbons (Fsp3) is 0.412. The van der Waals surface area contributed by atoms with Gasteiger partial charge in [0.25, 0.3) is 0 Å². The van der Waals surface area contributed by atoms with E-state index < -0.39 is 0 Å². The lowest BCUT2D eigenvalue weighted by Gasteiger charge is -2.31. The molecular weight excluding hydrogens is 314 g/mol. The number of para-hydroxylation sites is 1. The number of rotatable bonds is 6. The second kappa shape index (κ2) is 8.13. The first-order valence-corrected chi connectivity index (χ1v) is 8.22. The Morgan fingerprint density at radius 1 is 1.09 bits per heavy atom. The number of halogens is 1. The van der Waals surface area contributed by atoms with E-state index in [2.05, 4.69) is 14.9 Å². The van der Waals surface area contributed by atoms with E-state index in [-0.39, 0.29) is 6.10 Å². The summed E-state index contributed by atoms with van der Waals surface area (Å²) >= 11 is 5.77. The van der Waals surface area contributed by atoms with E-state index in [0.717, 1.165) is 38.2 Å². The molecule has 1 aromatic carbocycles. The average molecular weight is 334 g/mol. The van der Waals surface area contributed by atoms with Crippen molar-refractivity contribution in [3.05, 3.63) is 47.7 Å². The minimum Gasteiger partial charge on any atom is -0.492 e. The Kier molecular flexibility index (Phi) is 5.66. The molecule has 0 N–H and O–H groups in total. The second-order valence-electron chi connectivity index (χ2n) is 5.50. The van der Waals surface area contributed by atoms with Gasteiger partial charge in [-0.25, -0.2) is 9.97 Å². The molecule has 1 aliphatic rings. The van der Waals surface area contributed by atoms with Crippen molar-refractivity contribution in [1.29, 1.82) is 0 Å². The van der Waals surface area contributed by atoms with Gasteiger partial charge in [-0.15, -0.1) is 0 Å². The number of piperidine rings is 1. The molecule has 23 heavy (non-hydrogen) atoms. The lowest BCUT2D eigenvalue weighted by atomic mass is 10.1. The van der Waals surface area contributed by atoms with E-state index in [4.69, 9.17) is 21.1 Å². The van der Waals surface area contributed by atoms with Crippen LogP contribution in [0.1, 0.15) is 12.8 Å². The van der Waals surface area contributed by atoms with Crippen molar-refractivity contribution in [1.82, 2.24) is 14.9 Å². The molecule has 1 fully saturated rings. The molecule has 0 bridgehead atoms. The molecule has 5 nitrogen and oxygen atoms in total. The fourth-order valence-electron chi connectivity index (χ4n) is 2.57. The van der Waals surface area contributed by atoms with Gasteiger partial charge in [0.15, 0.2) is 0 Å². The first-order chi connectivity index (χ1) is 11.3. The van der Waals surface area contributed by atoms with Crippen LogP contribution in [0.15, 0.2) is 42.7 Å². The van der Waals surface area contributed by atoms with Crippen LogP contribution in [-0.4, -0.2) is 47.2 Å². The maximum Gasteiger partial charge on any atom is 0.316 e. The highest BCUT2D eigenvalue weighted by molar-refractivity contribution is 6.30. The van der Waals surface area contributed by atoms with Gasteiger partial charge in [0.05, 0.1) is 17.4 Å². The molecule has 0 unspecified atom stereocenters. The van der Waals surface area contributed by atoms with Crippen molar-refractivity contribution >= 4 is 11.6 Å². The minimum absolute atomic E-state index is 0.169. The summed E-state index contributed by atoms with van der Waals surface area (Å²) < 4.78 is 11.5. The molecule has 1 saturated heterocycles. The van der Waals surface area contributed by atoms with Gasteiger partial charge in [-0.1, -0.05) is 29.8 Å². The summed E-state index contributed by atoms with van der Waals surface area (Å²) in [5.41, 5.74) is 0. The Morgan fingerprint density at radius 3 is 2.48 bits per heavy atom. The second-order valence-corrected chi connectivity index (χ2v) is 5.94. The zero-order chi connectivity index (χ0) is 15.9. The predicted molar refractivity (Wildman–Crippen MR) is 89.1 cm³/mol. The van der Waals surface area contributed by atoms with Crippen molar-refractivity contribution in [2.24, 2.45) is 0 Å². The van der Waals surface area contributed by atoms with Crippen molar-refractivity contribution in [3.8, 4) is 11.8 Å². The monoisotopic (exact) mass is 333 g/mol. The molecular formula is C17H20ClN3O2. The summed E-state index contributed by atoms with van der Waals surface area (Å²) in [7, 11) is 0. The van der Waals surface area contributed by atoms with E-state index in [1.807, 2.05) is 30.3 Å². The van der Waals surface area contributed by atoms with E-state index in [0.29, 0.717) is 17.6 Å². The van der Waals surface area contributed by atoms with Crippen LogP contribution in [0.25, 0.3) is 0 Å². The van der Waals surface area contributed by atoms with Gasteiger partial charge < -0.3 is 9.47 Å². The third kappa shape index (κ3) is 5.08. The highest BCUT2D eigenvalue weighted by atomic mass is 35.5. The molecule has 1 aromatic heterocycles. The van der Waals surface area contributed by atoms with Gasteiger partial charge in [-0.3, -0.25) is 4.90 Å². The zero-order valence-electron chi connectivity index (χ0n) is 12.9. The molecule has 0 aliphatic carbocycles. The Labute approximate surface area is 141 Å². The highest BCUT2D eigenvalue weighted by Gasteiger charge is 2.21. The van der Waals surface area contributed by atoms with Gasteiger partial charge in [-0.05, 0) is 25.0 Å². The summed E-state index contributed by atoms with van der Waals surface area (Å²) in [6.45, 7) is 3.63. The van der Waals surface area contributed by atoms with Crippen molar-refractivity contribution in [2.75, 3.05) is 26.2 Å². The quantitative estimate of drug-likeness (QED) is 0.813. The third-order valence-electron chi connectivity index (χ3n) is 3.82. The molecule has 0 amide bonds. The number of hydrogen-bond acceptors (Lipinski definition) is 5. The van der Waals surface area contributed by atoms with Crippen LogP contribution in [0.2, 0.25) is 5.02 Å². The Hall–Kier alpha value is -1.85. The fourth-order valence-corrected chi connectivity index (χ4v) is 2.67. The Bertz CT molecular complexity index is 587. The molecule has 0 radical (unpaired) electrons. The number of benzene rings is 1. The summed E-state index contributed by atoms with van der Waals surface area (Å²) in [5, 5.41) is 0.519. The molecule has 0 saturated carbocycles. The first kappa shape index (κ1) is 16.0. The van der Waals surface area contributed by atoms with Crippen LogP contribution in [-0.2, 0) is 0 Å². The zero-order valence-corrected chi connectivity index (χ0v) is 13.7. The number of nitrogens with zero attached hydrogens (tertiary/aromatic N) is 3. The van der Waals surface area contributed by atoms with E-state index >= 15 is 0 Å². The predicted octanol–water partition coefficient (Wildman–Crippen LogP) is 3.05. The van der Waals surface area contributed by atoms with Crippen LogP contribution >= 0.6 is 11.6 Å². The van der Waals surface area contributed by atoms with Gasteiger partial charge in [-0.2, -0.15) is 0 Å². The van der Waals surface area contributed by atoms with E-state index in [1.165, 1.54) is 0 Å². The maximum atomic E-state index is 5.79. The Morgan fingerprint density at radius 2 is 1.78 bits per heavy atom. The van der Waals surface area contributed by atoms with Gasteiger partial charge in [0.1, 0.15) is 18.5 Å². The molecule has 0 atom stereocenters. The smallest absolute Gasteiger partial charge is 0.316 e. The number of likely N-dealkylation sites (tertiary alicyclic amines) is 1. The molecule has 0 spiro atoms. The van der Waals surface area contributed by atoms with Crippen LogP contribution in [0.3, 0.4) is 0 Å². The topological polar surface area (TPSA) is 47.5 Å². The summed E-state index contributed by atoms with van der Waals surface area (Å²) in [4.78, 5) is 10.5. The van der Waals surface area contributed by atoms with Gasteiger partial charge >= 0.3 is 6.01 Å². The maximum absolute atomic E-state index is 5.79. The first-order valence-electron chi connectivity index (χ1n) is 7.84. The van der Waals surface area contributed by atoms with Crippen molar-refractivity contribution in [2.45, 2.75) is 18.9 Å². The van der Waals surface area contributed by atoms with Gasteiger partial charge in [0, 0.05) is 19.6 Å². The molecule has 2 heterocycles. The number of hydrogen-bond donors (Lipinski definition) is 0. The standard InChI is InChI=1S/C17H20ClN3O2/c18-14-12-19-17(20-13-14)23-16-6-8-21(9-7-16)10-11-22-15-4-2-1-3-5-15/h1-5,12-13,16H,6-11H2. The molecule has 6 heteroatoms. The largest absolute Gasteiger partial charge is 0.492 e. The normalized spacial score (nSPS) is 16.2. The molecule has 3 rings (SSSR count). The SMILES string of the molecule is Clc1cnc(OC2CCN(CCOc3ccccc3)CC2)nc1. The van der Waals surface area contributed by atoms with E-state index in [1.54, 1.807) is 12.4 Å². The molecule has 2 aromatic rings. The van der Waals surface area contributed by atoms with Crippen molar-refractivity contribution in [3.63, 3.8) is 0 Å². The third-order valence-corrected chi connectivity index (χ3v) is 4.02. The summed E-state index contributed by atoms with van der Waals surface area (Å²) in [6, 6.07) is 10.3. The summed E-state index contributed by atoms with van der Waals surface area (Å²) in [5.74, 6) is 0.922. The number of aromatic nitrogens is 2. The minimum atomic E-state index is 0.169. The molecule has 122 valence electrons. The van der Waals surface area contributed by atoms with Crippen molar-refractivity contribution < 1.29 is 9.47 Å². The van der Waals surface area contributed by atoms with Crippen LogP contribution in [0, 0.1) is 0 Å². The Balaban J connectivity index is 1.36. The number of ether oxygens (including phenoxy) is 2. The summed E-state index contributed by atoms with van der Waals surface area (Å²) in [6.07, 6.45) is 5.22. The van der Waals surface area contributed by atoms with Gasteiger partial charge in [0.2, 0.25) is 0 Å². The average Bonchev–Trinajstić information content (AvgIpc) is 2.59. The highest BCUT2D eigenvalue weighted by Crippen LogP contribution is 2.16. The van der Waals surface area contributed by atoms with Crippen LogP contribution < -0.4 is 9.47 Å². The van der Waals surface area contributed by atoms with Crippen LogP contribution in [0.5, 0.6) is 11.8 Å². The molecule has 1 aliphatic heterocycles. The lowest BCUT2D eigenvalue weighted by Crippen LogP contribution is -2.40. The van der Waals surface area contributed by atoms with Crippen LogP contribution in [0.4, 0.5) is 0 Å².